The summed E-state index contributed by atoms with van der Waals surface area (Å²) in [6, 6.07) is 7.90. The molecule has 0 spiro atoms. The van der Waals surface area contributed by atoms with Crippen LogP contribution in [0.25, 0.3) is 0 Å². The lowest BCUT2D eigenvalue weighted by Gasteiger charge is -2.59. The fraction of sp³-hybridized carbons (Fsp3) is 0.550. The van der Waals surface area contributed by atoms with Gasteiger partial charge in [-0.2, -0.15) is 0 Å². The molecule has 1 aromatic rings. The first-order valence-corrected chi connectivity index (χ1v) is 9.17. The minimum atomic E-state index is -0.873. The zero-order valence-corrected chi connectivity index (χ0v) is 14.7. The number of methoxy groups -OCH3 is 1. The standard InChI is InChI=1S/C20H24N2O3/c1-3-12-11-21-9-8-20(24)14-6-4-5-7-15(14)22-17(19(23)25-2)13(12)10-16(21)18(20)22/h3-7,13,16-18,24H,8-11H2,1-2H3. The lowest BCUT2D eigenvalue weighted by molar-refractivity contribution is -0.148. The van der Waals surface area contributed by atoms with Crippen LogP contribution in [0.2, 0.25) is 0 Å². The van der Waals surface area contributed by atoms with Crippen LogP contribution in [0, 0.1) is 5.92 Å². The number of piperidine rings is 3. The van der Waals surface area contributed by atoms with Gasteiger partial charge in [-0.3, -0.25) is 4.90 Å². The van der Waals surface area contributed by atoms with Gasteiger partial charge >= 0.3 is 5.97 Å². The average Bonchev–Trinajstić information content (AvgIpc) is 2.91. The van der Waals surface area contributed by atoms with Gasteiger partial charge in [0.2, 0.25) is 0 Å². The Hall–Kier alpha value is -1.85. The summed E-state index contributed by atoms with van der Waals surface area (Å²) >= 11 is 0. The SMILES string of the molecule is CC=C1CN2CCC3(O)c4ccccc4N4C(C(=O)OC)C1CC2C43. The molecule has 5 heteroatoms. The molecule has 0 aliphatic carbocycles. The Bertz CT molecular complexity index is 776. The van der Waals surface area contributed by atoms with Crippen LogP contribution in [0.5, 0.6) is 0 Å². The van der Waals surface area contributed by atoms with Crippen LogP contribution >= 0.6 is 0 Å². The van der Waals surface area contributed by atoms with Gasteiger partial charge in [-0.05, 0) is 25.8 Å². The van der Waals surface area contributed by atoms with Crippen molar-refractivity contribution in [3.63, 3.8) is 0 Å². The minimum absolute atomic E-state index is 0.0718. The fourth-order valence-corrected chi connectivity index (χ4v) is 5.86. The van der Waals surface area contributed by atoms with Gasteiger partial charge in [0.25, 0.3) is 0 Å². The molecule has 5 nitrogen and oxygen atoms in total. The Labute approximate surface area is 147 Å². The number of hydrogen-bond donors (Lipinski definition) is 1. The van der Waals surface area contributed by atoms with E-state index < -0.39 is 5.60 Å². The summed E-state index contributed by atoms with van der Waals surface area (Å²) < 4.78 is 5.21. The van der Waals surface area contributed by atoms with E-state index in [0.717, 1.165) is 30.8 Å². The molecule has 2 bridgehead atoms. The second-order valence-electron chi connectivity index (χ2n) is 7.76. The average molecular weight is 340 g/mol. The topological polar surface area (TPSA) is 53.0 Å². The molecule has 4 heterocycles. The zero-order chi connectivity index (χ0) is 17.3. The second kappa shape index (κ2) is 5.08. The number of fused-ring (bicyclic) bond motifs is 4. The number of nitrogens with zero attached hydrogens (tertiary/aromatic N) is 2. The number of esters is 1. The van der Waals surface area contributed by atoms with Crippen molar-refractivity contribution in [1.29, 1.82) is 0 Å². The molecular formula is C20H24N2O3. The van der Waals surface area contributed by atoms with Crippen molar-refractivity contribution >= 4 is 11.7 Å². The third kappa shape index (κ3) is 1.78. The maximum Gasteiger partial charge on any atom is 0.329 e. The molecule has 5 unspecified atom stereocenters. The molecule has 4 aliphatic heterocycles. The van der Waals surface area contributed by atoms with E-state index in [1.807, 2.05) is 24.3 Å². The van der Waals surface area contributed by atoms with Gasteiger partial charge in [-0.15, -0.1) is 0 Å². The Morgan fingerprint density at radius 3 is 2.96 bits per heavy atom. The molecule has 3 fully saturated rings. The second-order valence-corrected chi connectivity index (χ2v) is 7.76. The zero-order valence-electron chi connectivity index (χ0n) is 14.7. The normalized spacial score (nSPS) is 40.1. The van der Waals surface area contributed by atoms with Gasteiger partial charge in [0.1, 0.15) is 11.6 Å². The molecule has 1 aromatic carbocycles. The van der Waals surface area contributed by atoms with Crippen LogP contribution in [-0.4, -0.2) is 54.3 Å². The van der Waals surface area contributed by atoms with Gasteiger partial charge in [-0.25, -0.2) is 4.79 Å². The van der Waals surface area contributed by atoms with Gasteiger partial charge in [0, 0.05) is 36.3 Å². The number of ether oxygens (including phenoxy) is 1. The number of hydrogen-bond acceptors (Lipinski definition) is 5. The van der Waals surface area contributed by atoms with E-state index in [2.05, 4.69) is 22.8 Å². The first kappa shape index (κ1) is 15.4. The molecule has 0 radical (unpaired) electrons. The summed E-state index contributed by atoms with van der Waals surface area (Å²) in [6.45, 7) is 3.86. The number of allylic oxidation sites excluding steroid dienone is 1. The quantitative estimate of drug-likeness (QED) is 0.622. The number of aliphatic hydroxyl groups is 1. The molecule has 0 aromatic heterocycles. The van der Waals surface area contributed by atoms with E-state index in [0.29, 0.717) is 6.42 Å². The van der Waals surface area contributed by atoms with Crippen LogP contribution in [0.15, 0.2) is 35.9 Å². The maximum absolute atomic E-state index is 12.8. The molecule has 0 amide bonds. The fourth-order valence-electron chi connectivity index (χ4n) is 5.86. The monoisotopic (exact) mass is 340 g/mol. The van der Waals surface area contributed by atoms with E-state index in [1.54, 1.807) is 0 Å². The molecule has 5 rings (SSSR count). The van der Waals surface area contributed by atoms with Crippen LogP contribution in [-0.2, 0) is 15.1 Å². The number of carbonyl (C=O) groups is 1. The Kier molecular flexibility index (Phi) is 3.13. The first-order chi connectivity index (χ1) is 12.1. The van der Waals surface area contributed by atoms with Crippen molar-refractivity contribution in [2.24, 2.45) is 5.92 Å². The van der Waals surface area contributed by atoms with Crippen LogP contribution < -0.4 is 4.90 Å². The Balaban J connectivity index is 1.74. The number of rotatable bonds is 1. The van der Waals surface area contributed by atoms with Crippen molar-refractivity contribution in [3.8, 4) is 0 Å². The summed E-state index contributed by atoms with van der Waals surface area (Å²) in [6.07, 6.45) is 3.79. The van der Waals surface area contributed by atoms with Gasteiger partial charge < -0.3 is 14.7 Å². The number of carbonyl (C=O) groups excluding carboxylic acids is 1. The van der Waals surface area contributed by atoms with Crippen LogP contribution in [0.3, 0.4) is 0 Å². The molecular weight excluding hydrogens is 316 g/mol. The Morgan fingerprint density at radius 1 is 1.40 bits per heavy atom. The highest BCUT2D eigenvalue weighted by Gasteiger charge is 2.64. The summed E-state index contributed by atoms with van der Waals surface area (Å²) in [5.74, 6) is -0.0377. The molecule has 3 saturated heterocycles. The molecule has 1 N–H and O–H groups in total. The molecule has 4 aliphatic rings. The molecule has 0 saturated carbocycles. The summed E-state index contributed by atoms with van der Waals surface area (Å²) in [4.78, 5) is 17.5. The minimum Gasteiger partial charge on any atom is -0.467 e. The predicted molar refractivity (Wildman–Crippen MR) is 94.3 cm³/mol. The Morgan fingerprint density at radius 2 is 2.20 bits per heavy atom. The molecule has 5 atom stereocenters. The number of benzene rings is 1. The van der Waals surface area contributed by atoms with Crippen molar-refractivity contribution < 1.29 is 14.6 Å². The van der Waals surface area contributed by atoms with Crippen molar-refractivity contribution in [2.45, 2.75) is 43.5 Å². The van der Waals surface area contributed by atoms with Gasteiger partial charge in [-0.1, -0.05) is 29.8 Å². The lowest BCUT2D eigenvalue weighted by Crippen LogP contribution is -2.73. The van der Waals surface area contributed by atoms with E-state index in [1.165, 1.54) is 12.7 Å². The first-order valence-electron chi connectivity index (χ1n) is 9.17. The van der Waals surface area contributed by atoms with Gasteiger partial charge in [0.05, 0.1) is 13.2 Å². The smallest absolute Gasteiger partial charge is 0.329 e. The molecule has 132 valence electrons. The van der Waals surface area contributed by atoms with Crippen molar-refractivity contribution in [3.05, 3.63) is 41.5 Å². The van der Waals surface area contributed by atoms with Crippen LogP contribution in [0.1, 0.15) is 25.3 Å². The summed E-state index contributed by atoms with van der Waals surface area (Å²) in [5, 5.41) is 11.7. The highest BCUT2D eigenvalue weighted by Crippen LogP contribution is 2.57. The van der Waals surface area contributed by atoms with Crippen molar-refractivity contribution in [1.82, 2.24) is 4.90 Å². The predicted octanol–water partition coefficient (Wildman–Crippen LogP) is 1.66. The highest BCUT2D eigenvalue weighted by molar-refractivity contribution is 5.84. The highest BCUT2D eigenvalue weighted by atomic mass is 16.5. The molecule has 25 heavy (non-hydrogen) atoms. The lowest BCUT2D eigenvalue weighted by atomic mass is 9.68. The summed E-state index contributed by atoms with van der Waals surface area (Å²) in [5.41, 5.74) is 2.42. The van der Waals surface area contributed by atoms with Crippen LogP contribution in [0.4, 0.5) is 5.69 Å². The van der Waals surface area contributed by atoms with Crippen molar-refractivity contribution in [2.75, 3.05) is 25.1 Å². The maximum atomic E-state index is 12.8. The number of anilines is 1. The van der Waals surface area contributed by atoms with E-state index >= 15 is 0 Å². The van der Waals surface area contributed by atoms with Gasteiger partial charge in [0.15, 0.2) is 0 Å². The summed E-state index contributed by atoms with van der Waals surface area (Å²) in [7, 11) is 1.47. The largest absolute Gasteiger partial charge is 0.467 e. The number of para-hydroxylation sites is 1. The third-order valence-electron chi connectivity index (χ3n) is 6.90. The van der Waals surface area contributed by atoms with E-state index in [9.17, 15) is 9.90 Å². The van der Waals surface area contributed by atoms with E-state index in [-0.39, 0.29) is 30.0 Å². The third-order valence-corrected chi connectivity index (χ3v) is 6.90. The van der Waals surface area contributed by atoms with E-state index in [4.69, 9.17) is 4.74 Å².